The molecule has 1 atom stereocenters. The van der Waals surface area contributed by atoms with Crippen LogP contribution in [0.3, 0.4) is 0 Å². The topological polar surface area (TPSA) is 76.2 Å². The van der Waals surface area contributed by atoms with Gasteiger partial charge in [0, 0.05) is 29.2 Å². The number of anilines is 1. The van der Waals surface area contributed by atoms with Crippen LogP contribution in [-0.4, -0.2) is 30.2 Å². The maximum Gasteiger partial charge on any atom is 0.162 e. The molecule has 3 aromatic rings. The molecule has 0 radical (unpaired) electrons. The average molecular weight is 430 g/mol. The number of carbonyl (C=O) groups excluding carboxylic acids is 1. The van der Waals surface area contributed by atoms with Crippen LogP contribution in [0.4, 0.5) is 5.82 Å². The second kappa shape index (κ2) is 7.55. The number of nitrogens with zero attached hydrogens (tertiary/aromatic N) is 1. The predicted octanol–water partition coefficient (Wildman–Crippen LogP) is 5.29. The molecule has 0 saturated heterocycles. The summed E-state index contributed by atoms with van der Waals surface area (Å²) in [5, 5.41) is 11.3. The quantitative estimate of drug-likeness (QED) is 0.589. The molecule has 1 aliphatic carbocycles. The molecule has 32 heavy (non-hydrogen) atoms. The second-order valence-electron chi connectivity index (χ2n) is 9.23. The SMILES string of the molecule is COc1ccc([C@H]2C3=C(CC(C)(C)CC3=O)Nc3n[nH]c(-c4ccccc4)c32)cc1OC. The Morgan fingerprint density at radius 3 is 2.47 bits per heavy atom. The van der Waals surface area contributed by atoms with E-state index in [1.54, 1.807) is 14.2 Å². The van der Waals surface area contributed by atoms with Crippen LogP contribution in [0.1, 0.15) is 43.7 Å². The fraction of sp³-hybridized carbons (Fsp3) is 0.308. The summed E-state index contributed by atoms with van der Waals surface area (Å²) in [6.45, 7) is 4.27. The summed E-state index contributed by atoms with van der Waals surface area (Å²) in [6, 6.07) is 16.0. The van der Waals surface area contributed by atoms with Crippen molar-refractivity contribution in [3.63, 3.8) is 0 Å². The van der Waals surface area contributed by atoms with E-state index in [1.165, 1.54) is 0 Å². The lowest BCUT2D eigenvalue weighted by Gasteiger charge is -2.38. The molecule has 0 amide bonds. The van der Waals surface area contributed by atoms with Gasteiger partial charge in [-0.25, -0.2) is 0 Å². The van der Waals surface area contributed by atoms with Crippen molar-refractivity contribution in [1.29, 1.82) is 0 Å². The minimum Gasteiger partial charge on any atom is -0.493 e. The van der Waals surface area contributed by atoms with Crippen molar-refractivity contribution in [1.82, 2.24) is 10.2 Å². The molecule has 6 nitrogen and oxygen atoms in total. The smallest absolute Gasteiger partial charge is 0.162 e. The zero-order valence-electron chi connectivity index (χ0n) is 18.8. The Hall–Kier alpha value is -3.54. The van der Waals surface area contributed by atoms with Crippen molar-refractivity contribution in [3.05, 3.63) is 70.9 Å². The first-order valence-electron chi connectivity index (χ1n) is 10.8. The van der Waals surface area contributed by atoms with Crippen molar-refractivity contribution >= 4 is 11.6 Å². The summed E-state index contributed by atoms with van der Waals surface area (Å²) < 4.78 is 11.0. The van der Waals surface area contributed by atoms with Crippen LogP contribution in [0.15, 0.2) is 59.8 Å². The number of ketones is 1. The van der Waals surface area contributed by atoms with Gasteiger partial charge in [0.1, 0.15) is 0 Å². The van der Waals surface area contributed by atoms with Crippen LogP contribution in [0.25, 0.3) is 11.3 Å². The standard InChI is InChI=1S/C26H27N3O3/c1-26(2)13-17-22(18(30)14-26)21(16-10-11-19(31-3)20(12-16)32-4)23-24(28-29-25(23)27-17)15-8-6-5-7-9-15/h5-12,21H,13-14H2,1-4H3,(H2,27,28,29)/t21-/m0/s1. The van der Waals surface area contributed by atoms with Gasteiger partial charge in [-0.05, 0) is 35.1 Å². The van der Waals surface area contributed by atoms with Gasteiger partial charge in [0.15, 0.2) is 23.1 Å². The molecular formula is C26H27N3O3. The number of ether oxygens (including phenoxy) is 2. The highest BCUT2D eigenvalue weighted by Gasteiger charge is 2.43. The van der Waals surface area contributed by atoms with Gasteiger partial charge in [-0.2, -0.15) is 5.10 Å². The Morgan fingerprint density at radius 1 is 1.00 bits per heavy atom. The van der Waals surface area contributed by atoms with Crippen LogP contribution in [0.5, 0.6) is 11.5 Å². The number of carbonyl (C=O) groups is 1. The van der Waals surface area contributed by atoms with Gasteiger partial charge in [-0.3, -0.25) is 9.89 Å². The molecule has 2 heterocycles. The Kier molecular flexibility index (Phi) is 4.81. The number of fused-ring (bicyclic) bond motifs is 1. The number of allylic oxidation sites excluding steroid dienone is 2. The third kappa shape index (κ3) is 3.27. The van der Waals surface area contributed by atoms with Gasteiger partial charge in [-0.15, -0.1) is 0 Å². The monoisotopic (exact) mass is 429 g/mol. The Morgan fingerprint density at radius 2 is 1.75 bits per heavy atom. The van der Waals surface area contributed by atoms with E-state index in [-0.39, 0.29) is 17.1 Å². The highest BCUT2D eigenvalue weighted by molar-refractivity contribution is 6.02. The molecule has 0 fully saturated rings. The van der Waals surface area contributed by atoms with Crippen LogP contribution >= 0.6 is 0 Å². The summed E-state index contributed by atoms with van der Waals surface area (Å²) in [5.41, 5.74) is 5.59. The molecule has 5 rings (SSSR count). The van der Waals surface area contributed by atoms with E-state index in [0.717, 1.165) is 45.9 Å². The van der Waals surface area contributed by atoms with Crippen molar-refractivity contribution in [2.45, 2.75) is 32.6 Å². The maximum atomic E-state index is 13.5. The third-order valence-electron chi connectivity index (χ3n) is 6.37. The number of H-pyrrole nitrogens is 1. The van der Waals surface area contributed by atoms with E-state index >= 15 is 0 Å². The lowest BCUT2D eigenvalue weighted by molar-refractivity contribution is -0.118. The summed E-state index contributed by atoms with van der Waals surface area (Å²) in [7, 11) is 3.25. The van der Waals surface area contributed by atoms with Gasteiger partial charge >= 0.3 is 0 Å². The highest BCUT2D eigenvalue weighted by atomic mass is 16.5. The number of nitrogens with one attached hydrogen (secondary N) is 2. The number of benzene rings is 2. The molecule has 0 saturated carbocycles. The first-order valence-corrected chi connectivity index (χ1v) is 10.8. The minimum atomic E-state index is -0.251. The van der Waals surface area contributed by atoms with Crippen LogP contribution in [0.2, 0.25) is 0 Å². The van der Waals surface area contributed by atoms with E-state index in [0.29, 0.717) is 17.9 Å². The zero-order valence-corrected chi connectivity index (χ0v) is 18.8. The summed E-state index contributed by atoms with van der Waals surface area (Å²) in [4.78, 5) is 13.5. The van der Waals surface area contributed by atoms with Crippen molar-refractivity contribution < 1.29 is 14.3 Å². The van der Waals surface area contributed by atoms with Crippen LogP contribution in [0, 0.1) is 5.41 Å². The van der Waals surface area contributed by atoms with Crippen molar-refractivity contribution in [2.75, 3.05) is 19.5 Å². The fourth-order valence-corrected chi connectivity index (χ4v) is 4.99. The molecule has 0 unspecified atom stereocenters. The molecule has 1 aromatic heterocycles. The van der Waals surface area contributed by atoms with Crippen LogP contribution < -0.4 is 14.8 Å². The highest BCUT2D eigenvalue weighted by Crippen LogP contribution is 2.51. The van der Waals surface area contributed by atoms with E-state index in [2.05, 4.69) is 41.5 Å². The molecular weight excluding hydrogens is 402 g/mol. The summed E-state index contributed by atoms with van der Waals surface area (Å²) in [6.07, 6.45) is 1.32. The number of Topliss-reactive ketones (excluding diaryl/α,β-unsaturated/α-hetero) is 1. The predicted molar refractivity (Wildman–Crippen MR) is 124 cm³/mol. The van der Waals surface area contributed by atoms with Crippen LogP contribution in [-0.2, 0) is 4.79 Å². The first kappa shape index (κ1) is 20.4. The summed E-state index contributed by atoms with van der Waals surface area (Å²) >= 11 is 0. The largest absolute Gasteiger partial charge is 0.493 e. The van der Waals surface area contributed by atoms with E-state index < -0.39 is 0 Å². The van der Waals surface area contributed by atoms with Gasteiger partial charge in [-0.1, -0.05) is 50.2 Å². The number of hydrogen-bond donors (Lipinski definition) is 2. The number of aromatic amines is 1. The number of hydrogen-bond acceptors (Lipinski definition) is 5. The first-order chi connectivity index (χ1) is 15.4. The molecule has 2 aromatic carbocycles. The average Bonchev–Trinajstić information content (AvgIpc) is 3.20. The lowest BCUT2D eigenvalue weighted by atomic mass is 9.69. The molecule has 0 bridgehead atoms. The maximum absolute atomic E-state index is 13.5. The van der Waals surface area contributed by atoms with E-state index in [1.807, 2.05) is 36.4 Å². The van der Waals surface area contributed by atoms with Crippen molar-refractivity contribution in [2.24, 2.45) is 5.41 Å². The molecule has 2 aliphatic rings. The molecule has 2 N–H and O–H groups in total. The summed E-state index contributed by atoms with van der Waals surface area (Å²) in [5.74, 6) is 1.99. The Balaban J connectivity index is 1.75. The van der Waals surface area contributed by atoms with Gasteiger partial charge in [0.05, 0.1) is 19.9 Å². The minimum absolute atomic E-state index is 0.0961. The zero-order chi connectivity index (χ0) is 22.5. The van der Waals surface area contributed by atoms with E-state index in [9.17, 15) is 4.79 Å². The van der Waals surface area contributed by atoms with Gasteiger partial charge in [0.2, 0.25) is 0 Å². The molecule has 1 aliphatic heterocycles. The Labute approximate surface area is 187 Å². The molecule has 0 spiro atoms. The normalized spacial score (nSPS) is 19.1. The molecule has 6 heteroatoms. The number of rotatable bonds is 4. The van der Waals surface area contributed by atoms with Crippen molar-refractivity contribution in [3.8, 4) is 22.8 Å². The Bertz CT molecular complexity index is 1220. The lowest BCUT2D eigenvalue weighted by Crippen LogP contribution is -2.33. The number of methoxy groups -OCH3 is 2. The van der Waals surface area contributed by atoms with E-state index in [4.69, 9.17) is 9.47 Å². The second-order valence-corrected chi connectivity index (χ2v) is 9.23. The van der Waals surface area contributed by atoms with Gasteiger partial charge in [0.25, 0.3) is 0 Å². The number of aromatic nitrogens is 2. The molecule has 164 valence electrons. The fourth-order valence-electron chi connectivity index (χ4n) is 4.99. The third-order valence-corrected chi connectivity index (χ3v) is 6.37. The van der Waals surface area contributed by atoms with Gasteiger partial charge < -0.3 is 14.8 Å².